The molecule has 0 bridgehead atoms. The fourth-order valence-electron chi connectivity index (χ4n) is 1.59. The molecule has 0 aliphatic carbocycles. The predicted molar refractivity (Wildman–Crippen MR) is 70.0 cm³/mol. The molecule has 1 aromatic heterocycles. The smallest absolute Gasteiger partial charge is 0.304 e. The molecule has 0 amide bonds. The zero-order chi connectivity index (χ0) is 13.0. The van der Waals surface area contributed by atoms with Crippen molar-refractivity contribution >= 4 is 24.1 Å². The number of rotatable bonds is 5. The maximum absolute atomic E-state index is 12.5. The van der Waals surface area contributed by atoms with Gasteiger partial charge in [0.1, 0.15) is 0 Å². The van der Waals surface area contributed by atoms with Crippen LogP contribution in [0.15, 0.2) is 30.5 Å². The van der Waals surface area contributed by atoms with E-state index in [4.69, 9.17) is 9.05 Å². The van der Waals surface area contributed by atoms with Gasteiger partial charge in [-0.1, -0.05) is 12.1 Å². The predicted octanol–water partition coefficient (Wildman–Crippen LogP) is 2.52. The van der Waals surface area contributed by atoms with Crippen LogP contribution in [0.2, 0.25) is 0 Å². The molecule has 0 aliphatic rings. The van der Waals surface area contributed by atoms with Crippen LogP contribution in [0, 0.1) is 0 Å². The minimum absolute atomic E-state index is 0.255. The van der Waals surface area contributed by atoms with Gasteiger partial charge < -0.3 is 9.05 Å². The Morgan fingerprint density at radius 1 is 1.11 bits per heavy atom. The highest BCUT2D eigenvalue weighted by Crippen LogP contribution is 2.45. The first kappa shape index (κ1) is 13.1. The van der Waals surface area contributed by atoms with Gasteiger partial charge in [0.2, 0.25) is 0 Å². The van der Waals surface area contributed by atoms with Gasteiger partial charge in [0.05, 0.1) is 30.4 Å². The number of benzene rings is 1. The summed E-state index contributed by atoms with van der Waals surface area (Å²) in [7, 11) is -3.35. The lowest BCUT2D eigenvalue weighted by Gasteiger charge is -2.15. The number of hydrogen-bond acceptors (Lipinski definition) is 5. The molecule has 0 fully saturated rings. The summed E-state index contributed by atoms with van der Waals surface area (Å²) in [6.07, 6.45) is 1.45. The molecule has 1 heterocycles. The minimum atomic E-state index is -3.35. The Morgan fingerprint density at radius 3 is 2.33 bits per heavy atom. The molecule has 0 N–H and O–H groups in total. The Hall–Kier alpha value is -1.29. The van der Waals surface area contributed by atoms with Crippen molar-refractivity contribution in [2.45, 2.75) is 13.8 Å². The molecule has 1 aromatic carbocycles. The standard InChI is InChI=1S/C12H15N2O3P/c1-3-16-18(15,17-4-2)12-9-13-10-7-5-6-8-11(10)14-12/h5-9H,3-4H2,1-2H3. The number of fused-ring (bicyclic) bond motifs is 1. The first-order valence-electron chi connectivity index (χ1n) is 5.81. The van der Waals surface area contributed by atoms with Gasteiger partial charge in [0.15, 0.2) is 5.44 Å². The van der Waals surface area contributed by atoms with Gasteiger partial charge >= 0.3 is 7.60 Å². The SMILES string of the molecule is CCOP(=O)(OCC)c1cnc2ccccc2n1. The van der Waals surface area contributed by atoms with Gasteiger partial charge in [-0.25, -0.2) is 4.98 Å². The summed E-state index contributed by atoms with van der Waals surface area (Å²) in [4.78, 5) is 8.53. The van der Waals surface area contributed by atoms with E-state index in [1.54, 1.807) is 13.8 Å². The van der Waals surface area contributed by atoms with Crippen LogP contribution in [-0.2, 0) is 13.6 Å². The van der Waals surface area contributed by atoms with Gasteiger partial charge in [-0.3, -0.25) is 9.55 Å². The molecule has 96 valence electrons. The monoisotopic (exact) mass is 266 g/mol. The van der Waals surface area contributed by atoms with Crippen molar-refractivity contribution in [1.82, 2.24) is 9.97 Å². The van der Waals surface area contributed by atoms with Crippen molar-refractivity contribution in [1.29, 1.82) is 0 Å². The summed E-state index contributed by atoms with van der Waals surface area (Å²) in [6, 6.07) is 7.39. The molecule has 18 heavy (non-hydrogen) atoms. The Labute approximate surface area is 106 Å². The maximum Gasteiger partial charge on any atom is 0.381 e. The van der Waals surface area contributed by atoms with Crippen LogP contribution < -0.4 is 5.44 Å². The molecular weight excluding hydrogens is 251 g/mol. The summed E-state index contributed by atoms with van der Waals surface area (Å²) >= 11 is 0. The average molecular weight is 266 g/mol. The molecule has 0 unspecified atom stereocenters. The molecule has 0 radical (unpaired) electrons. The Balaban J connectivity index is 2.47. The highest BCUT2D eigenvalue weighted by Gasteiger charge is 2.29. The summed E-state index contributed by atoms with van der Waals surface area (Å²) in [5.41, 5.74) is 1.68. The zero-order valence-electron chi connectivity index (χ0n) is 10.4. The normalized spacial score (nSPS) is 11.9. The highest BCUT2D eigenvalue weighted by molar-refractivity contribution is 7.61. The molecule has 0 saturated carbocycles. The third-order valence-corrected chi connectivity index (χ3v) is 4.29. The van der Waals surface area contributed by atoms with Gasteiger partial charge in [-0.2, -0.15) is 0 Å². The van der Waals surface area contributed by atoms with E-state index in [1.165, 1.54) is 6.20 Å². The summed E-state index contributed by atoms with van der Waals surface area (Å²) in [5.74, 6) is 0. The molecule has 0 saturated heterocycles. The van der Waals surface area contributed by atoms with Crippen molar-refractivity contribution in [2.75, 3.05) is 13.2 Å². The van der Waals surface area contributed by atoms with E-state index in [1.807, 2.05) is 24.3 Å². The van der Waals surface area contributed by atoms with E-state index in [0.29, 0.717) is 18.7 Å². The second-order valence-corrected chi connectivity index (χ2v) is 5.52. The molecule has 2 aromatic rings. The summed E-state index contributed by atoms with van der Waals surface area (Å²) < 4.78 is 23.0. The van der Waals surface area contributed by atoms with Crippen LogP contribution in [0.3, 0.4) is 0 Å². The van der Waals surface area contributed by atoms with Crippen molar-refractivity contribution in [3.8, 4) is 0 Å². The molecule has 6 heteroatoms. The fraction of sp³-hybridized carbons (Fsp3) is 0.333. The van der Waals surface area contributed by atoms with E-state index in [-0.39, 0.29) is 5.44 Å². The van der Waals surface area contributed by atoms with Crippen LogP contribution in [0.5, 0.6) is 0 Å². The van der Waals surface area contributed by atoms with Crippen LogP contribution >= 0.6 is 7.60 Å². The summed E-state index contributed by atoms with van der Waals surface area (Å²) in [6.45, 7) is 4.12. The van der Waals surface area contributed by atoms with Gasteiger partial charge in [0.25, 0.3) is 0 Å². The number of hydrogen-bond donors (Lipinski definition) is 0. The Kier molecular flexibility index (Phi) is 4.07. The van der Waals surface area contributed by atoms with E-state index in [9.17, 15) is 4.57 Å². The molecule has 2 rings (SSSR count). The van der Waals surface area contributed by atoms with Crippen molar-refractivity contribution < 1.29 is 13.6 Å². The average Bonchev–Trinajstić information content (AvgIpc) is 2.39. The van der Waals surface area contributed by atoms with Gasteiger partial charge in [0, 0.05) is 0 Å². The second kappa shape index (κ2) is 5.57. The molecular formula is C12H15N2O3P. The van der Waals surface area contributed by atoms with Crippen molar-refractivity contribution in [2.24, 2.45) is 0 Å². The highest BCUT2D eigenvalue weighted by atomic mass is 31.2. The lowest BCUT2D eigenvalue weighted by atomic mass is 10.3. The number of nitrogens with zero attached hydrogens (tertiary/aromatic N) is 2. The first-order chi connectivity index (χ1) is 8.69. The molecule has 0 spiro atoms. The van der Waals surface area contributed by atoms with E-state index in [0.717, 1.165) is 5.52 Å². The summed E-state index contributed by atoms with van der Waals surface area (Å²) in [5, 5.41) is 0. The van der Waals surface area contributed by atoms with E-state index < -0.39 is 7.60 Å². The number of para-hydroxylation sites is 2. The lowest BCUT2D eigenvalue weighted by Crippen LogP contribution is -2.15. The quantitative estimate of drug-likeness (QED) is 0.778. The van der Waals surface area contributed by atoms with Crippen LogP contribution in [0.25, 0.3) is 11.0 Å². The van der Waals surface area contributed by atoms with Crippen LogP contribution in [0.4, 0.5) is 0 Å². The van der Waals surface area contributed by atoms with Gasteiger partial charge in [-0.05, 0) is 26.0 Å². The Morgan fingerprint density at radius 2 is 1.72 bits per heavy atom. The van der Waals surface area contributed by atoms with E-state index >= 15 is 0 Å². The molecule has 0 atom stereocenters. The van der Waals surface area contributed by atoms with Crippen molar-refractivity contribution in [3.05, 3.63) is 30.5 Å². The third-order valence-electron chi connectivity index (χ3n) is 2.31. The molecule has 5 nitrogen and oxygen atoms in total. The minimum Gasteiger partial charge on any atom is -0.304 e. The Bertz CT molecular complexity index is 578. The van der Waals surface area contributed by atoms with Crippen LogP contribution in [0.1, 0.15) is 13.8 Å². The van der Waals surface area contributed by atoms with E-state index in [2.05, 4.69) is 9.97 Å². The molecule has 0 aliphatic heterocycles. The largest absolute Gasteiger partial charge is 0.381 e. The van der Waals surface area contributed by atoms with Gasteiger partial charge in [-0.15, -0.1) is 0 Å². The maximum atomic E-state index is 12.5. The van der Waals surface area contributed by atoms with Crippen molar-refractivity contribution in [3.63, 3.8) is 0 Å². The second-order valence-electron chi connectivity index (χ2n) is 3.55. The number of aromatic nitrogens is 2. The lowest BCUT2D eigenvalue weighted by molar-refractivity contribution is 0.229. The first-order valence-corrected chi connectivity index (χ1v) is 7.35. The topological polar surface area (TPSA) is 61.3 Å². The third kappa shape index (κ3) is 2.58. The zero-order valence-corrected chi connectivity index (χ0v) is 11.3. The fourth-order valence-corrected chi connectivity index (χ4v) is 3.04. The van der Waals surface area contributed by atoms with Crippen LogP contribution in [-0.4, -0.2) is 23.2 Å².